The molecule has 1 atom stereocenters. The first-order valence-electron chi connectivity index (χ1n) is 7.75. The van der Waals surface area contributed by atoms with Crippen LogP contribution in [-0.2, 0) is 11.3 Å². The van der Waals surface area contributed by atoms with Gasteiger partial charge in [-0.3, -0.25) is 4.79 Å². The topological polar surface area (TPSA) is 70.2 Å². The van der Waals surface area contributed by atoms with E-state index in [9.17, 15) is 18.4 Å². The fourth-order valence-electron chi connectivity index (χ4n) is 2.16. The summed E-state index contributed by atoms with van der Waals surface area (Å²) >= 11 is 0. The van der Waals surface area contributed by atoms with Crippen molar-refractivity contribution < 1.29 is 18.4 Å². The zero-order chi connectivity index (χ0) is 18.2. The first-order chi connectivity index (χ1) is 12.0. The quantitative estimate of drug-likeness (QED) is 0.752. The molecule has 0 aliphatic rings. The highest BCUT2D eigenvalue weighted by Crippen LogP contribution is 2.15. The molecule has 0 saturated carbocycles. The van der Waals surface area contributed by atoms with Gasteiger partial charge in [0.2, 0.25) is 5.91 Å². The summed E-state index contributed by atoms with van der Waals surface area (Å²) in [6.07, 6.45) is 0. The van der Waals surface area contributed by atoms with E-state index < -0.39 is 29.6 Å². The highest BCUT2D eigenvalue weighted by Gasteiger charge is 2.12. The molecular weight excluding hydrogens is 328 g/mol. The molecule has 0 unspecified atom stereocenters. The first-order valence-corrected chi connectivity index (χ1v) is 7.75. The number of carbonyl (C=O) groups excluding carboxylic acids is 2. The largest absolute Gasteiger partial charge is 0.348 e. The zero-order valence-corrected chi connectivity index (χ0v) is 13.7. The molecule has 3 amide bonds. The van der Waals surface area contributed by atoms with Crippen LogP contribution in [0, 0.1) is 11.6 Å². The summed E-state index contributed by atoms with van der Waals surface area (Å²) in [4.78, 5) is 23.5. The second-order valence-electron chi connectivity index (χ2n) is 5.48. The molecule has 0 aromatic heterocycles. The van der Waals surface area contributed by atoms with E-state index in [0.717, 1.165) is 17.7 Å². The van der Waals surface area contributed by atoms with E-state index in [2.05, 4.69) is 16.0 Å². The normalized spacial score (nSPS) is 11.5. The number of amides is 3. The zero-order valence-electron chi connectivity index (χ0n) is 13.7. The number of rotatable bonds is 6. The maximum absolute atomic E-state index is 13.2. The molecule has 132 valence electrons. The molecule has 5 nitrogen and oxygen atoms in total. The van der Waals surface area contributed by atoms with Gasteiger partial charge in [-0.2, -0.15) is 0 Å². The molecule has 3 N–H and O–H groups in total. The Morgan fingerprint density at radius 3 is 2.40 bits per heavy atom. The second kappa shape index (κ2) is 8.77. The van der Waals surface area contributed by atoms with Gasteiger partial charge in [0.25, 0.3) is 0 Å². The van der Waals surface area contributed by atoms with Gasteiger partial charge in [-0.25, -0.2) is 13.6 Å². The van der Waals surface area contributed by atoms with E-state index in [4.69, 9.17) is 0 Å². The van der Waals surface area contributed by atoms with Crippen molar-refractivity contribution >= 4 is 11.9 Å². The Kier molecular flexibility index (Phi) is 6.45. The Bertz CT molecular complexity index is 738. The standard InChI is InChI=1S/C18H19F2N3O2/c1-12(14-7-8-15(19)16(20)9-14)23-17(24)11-22-18(25)21-10-13-5-3-2-4-6-13/h2-9,12H,10-11H2,1H3,(H,23,24)(H2,21,22,25)/t12-/m0/s1. The molecule has 2 aromatic rings. The van der Waals surface area contributed by atoms with E-state index in [1.165, 1.54) is 6.07 Å². The number of hydrogen-bond donors (Lipinski definition) is 3. The van der Waals surface area contributed by atoms with Crippen LogP contribution in [-0.4, -0.2) is 18.5 Å². The molecule has 0 fully saturated rings. The van der Waals surface area contributed by atoms with Crippen molar-refractivity contribution in [1.82, 2.24) is 16.0 Å². The van der Waals surface area contributed by atoms with Gasteiger partial charge in [0.15, 0.2) is 11.6 Å². The second-order valence-corrected chi connectivity index (χ2v) is 5.48. The van der Waals surface area contributed by atoms with Crippen molar-refractivity contribution in [2.75, 3.05) is 6.54 Å². The molecule has 0 saturated heterocycles. The number of carbonyl (C=O) groups is 2. The van der Waals surface area contributed by atoms with Gasteiger partial charge >= 0.3 is 6.03 Å². The average molecular weight is 347 g/mol. The summed E-state index contributed by atoms with van der Waals surface area (Å²) in [5.41, 5.74) is 1.37. The van der Waals surface area contributed by atoms with Gasteiger partial charge in [-0.1, -0.05) is 36.4 Å². The fourth-order valence-corrected chi connectivity index (χ4v) is 2.16. The predicted molar refractivity (Wildman–Crippen MR) is 89.6 cm³/mol. The fraction of sp³-hybridized carbons (Fsp3) is 0.222. The lowest BCUT2D eigenvalue weighted by Crippen LogP contribution is -2.42. The van der Waals surface area contributed by atoms with Crippen LogP contribution in [0.25, 0.3) is 0 Å². The molecule has 25 heavy (non-hydrogen) atoms. The Morgan fingerprint density at radius 2 is 1.72 bits per heavy atom. The average Bonchev–Trinajstić information content (AvgIpc) is 2.61. The Morgan fingerprint density at radius 1 is 1.00 bits per heavy atom. The van der Waals surface area contributed by atoms with E-state index >= 15 is 0 Å². The third-order valence-corrected chi connectivity index (χ3v) is 3.53. The van der Waals surface area contributed by atoms with Crippen molar-refractivity contribution in [3.8, 4) is 0 Å². The van der Waals surface area contributed by atoms with Crippen LogP contribution in [0.1, 0.15) is 24.1 Å². The summed E-state index contributed by atoms with van der Waals surface area (Å²) in [5, 5.41) is 7.67. The number of nitrogens with one attached hydrogen (secondary N) is 3. The van der Waals surface area contributed by atoms with Gasteiger partial charge in [0, 0.05) is 6.54 Å². The number of benzene rings is 2. The molecule has 0 bridgehead atoms. The van der Waals surface area contributed by atoms with Crippen LogP contribution in [0.5, 0.6) is 0 Å². The van der Waals surface area contributed by atoms with Crippen LogP contribution in [0.4, 0.5) is 13.6 Å². The van der Waals surface area contributed by atoms with Gasteiger partial charge < -0.3 is 16.0 Å². The molecule has 0 heterocycles. The molecule has 2 rings (SSSR count). The molecule has 2 aromatic carbocycles. The first kappa shape index (κ1) is 18.4. The minimum absolute atomic E-state index is 0.228. The number of hydrogen-bond acceptors (Lipinski definition) is 2. The monoisotopic (exact) mass is 347 g/mol. The van der Waals surface area contributed by atoms with Crippen LogP contribution >= 0.6 is 0 Å². The molecule has 7 heteroatoms. The Hall–Kier alpha value is -2.96. The Labute approximate surface area is 144 Å². The van der Waals surface area contributed by atoms with Crippen LogP contribution in [0.3, 0.4) is 0 Å². The third kappa shape index (κ3) is 5.87. The lowest BCUT2D eigenvalue weighted by Gasteiger charge is -2.15. The maximum Gasteiger partial charge on any atom is 0.315 e. The summed E-state index contributed by atoms with van der Waals surface area (Å²) < 4.78 is 26.1. The van der Waals surface area contributed by atoms with Crippen molar-refractivity contribution in [3.63, 3.8) is 0 Å². The van der Waals surface area contributed by atoms with Gasteiger partial charge in [0.05, 0.1) is 12.6 Å². The minimum atomic E-state index is -0.975. The van der Waals surface area contributed by atoms with Crippen molar-refractivity contribution in [1.29, 1.82) is 0 Å². The maximum atomic E-state index is 13.2. The summed E-state index contributed by atoms with van der Waals surface area (Å²) in [6, 6.07) is 11.8. The minimum Gasteiger partial charge on any atom is -0.348 e. The SMILES string of the molecule is C[C@H](NC(=O)CNC(=O)NCc1ccccc1)c1ccc(F)c(F)c1. The van der Waals surface area contributed by atoms with Gasteiger partial charge in [0.1, 0.15) is 0 Å². The van der Waals surface area contributed by atoms with E-state index in [0.29, 0.717) is 12.1 Å². The molecular formula is C18H19F2N3O2. The smallest absolute Gasteiger partial charge is 0.315 e. The van der Waals surface area contributed by atoms with E-state index in [1.807, 2.05) is 30.3 Å². The predicted octanol–water partition coefficient (Wildman–Crippen LogP) is 2.64. The van der Waals surface area contributed by atoms with Crippen molar-refractivity contribution in [3.05, 3.63) is 71.3 Å². The van der Waals surface area contributed by atoms with Crippen LogP contribution < -0.4 is 16.0 Å². The Balaban J connectivity index is 1.74. The van der Waals surface area contributed by atoms with E-state index in [-0.39, 0.29) is 6.54 Å². The summed E-state index contributed by atoms with van der Waals surface area (Å²) in [7, 11) is 0. The van der Waals surface area contributed by atoms with E-state index in [1.54, 1.807) is 6.92 Å². The van der Waals surface area contributed by atoms with Crippen LogP contribution in [0.15, 0.2) is 48.5 Å². The van der Waals surface area contributed by atoms with Gasteiger partial charge in [-0.15, -0.1) is 0 Å². The molecule has 0 spiro atoms. The highest BCUT2D eigenvalue weighted by atomic mass is 19.2. The summed E-state index contributed by atoms with van der Waals surface area (Å²) in [6.45, 7) is 1.76. The van der Waals surface area contributed by atoms with Crippen molar-refractivity contribution in [2.45, 2.75) is 19.5 Å². The number of halogens is 2. The van der Waals surface area contributed by atoms with Gasteiger partial charge in [-0.05, 0) is 30.2 Å². The van der Waals surface area contributed by atoms with Crippen molar-refractivity contribution in [2.24, 2.45) is 0 Å². The lowest BCUT2D eigenvalue weighted by atomic mass is 10.1. The lowest BCUT2D eigenvalue weighted by molar-refractivity contribution is -0.120. The third-order valence-electron chi connectivity index (χ3n) is 3.53. The number of urea groups is 1. The molecule has 0 radical (unpaired) electrons. The van der Waals surface area contributed by atoms with Crippen LogP contribution in [0.2, 0.25) is 0 Å². The molecule has 0 aliphatic heterocycles. The summed E-state index contributed by atoms with van der Waals surface area (Å²) in [5.74, 6) is -2.36. The molecule has 0 aliphatic carbocycles. The highest BCUT2D eigenvalue weighted by molar-refractivity contribution is 5.84.